The van der Waals surface area contributed by atoms with Gasteiger partial charge in [-0.25, -0.2) is 0 Å². The average Bonchev–Trinajstić information content (AvgIpc) is 3.10. The van der Waals surface area contributed by atoms with E-state index in [2.05, 4.69) is 31.0 Å². The lowest BCUT2D eigenvalue weighted by atomic mass is 9.82. The molecule has 0 bridgehead atoms. The minimum atomic E-state index is -0.663. The van der Waals surface area contributed by atoms with E-state index in [0.29, 0.717) is 6.54 Å². The number of rotatable bonds is 6. The molecule has 0 atom stereocenters. The van der Waals surface area contributed by atoms with Gasteiger partial charge < -0.3 is 14.6 Å². The molecule has 0 aliphatic heterocycles. The summed E-state index contributed by atoms with van der Waals surface area (Å²) in [7, 11) is 1.66. The van der Waals surface area contributed by atoms with Gasteiger partial charge in [0.05, 0.1) is 12.5 Å². The van der Waals surface area contributed by atoms with Crippen LogP contribution in [-0.4, -0.2) is 28.9 Å². The van der Waals surface area contributed by atoms with Gasteiger partial charge in [0.1, 0.15) is 5.75 Å². The Balaban J connectivity index is 1.98. The van der Waals surface area contributed by atoms with Crippen molar-refractivity contribution in [2.45, 2.75) is 45.7 Å². The Kier molecular flexibility index (Phi) is 5.26. The van der Waals surface area contributed by atoms with Crippen molar-refractivity contribution in [1.82, 2.24) is 9.88 Å². The van der Waals surface area contributed by atoms with Crippen LogP contribution in [0.3, 0.4) is 0 Å². The molecule has 4 heteroatoms. The maximum absolute atomic E-state index is 13.6. The Labute approximate surface area is 161 Å². The number of H-pyrrole nitrogens is 1. The summed E-state index contributed by atoms with van der Waals surface area (Å²) in [5.41, 5.74) is 2.46. The summed E-state index contributed by atoms with van der Waals surface area (Å²) in [6.45, 7) is 8.73. The molecule has 0 aliphatic rings. The zero-order valence-corrected chi connectivity index (χ0v) is 16.7. The van der Waals surface area contributed by atoms with E-state index in [4.69, 9.17) is 4.74 Å². The Hall–Kier alpha value is -2.75. The van der Waals surface area contributed by atoms with Crippen LogP contribution in [0.5, 0.6) is 5.75 Å². The number of carbonyl (C=O) groups is 1. The summed E-state index contributed by atoms with van der Waals surface area (Å²) in [4.78, 5) is 18.8. The van der Waals surface area contributed by atoms with Crippen molar-refractivity contribution in [3.8, 4) is 5.75 Å². The second-order valence-corrected chi connectivity index (χ2v) is 7.75. The lowest BCUT2D eigenvalue weighted by Crippen LogP contribution is -2.46. The van der Waals surface area contributed by atoms with Crippen molar-refractivity contribution in [2.24, 2.45) is 0 Å². The second-order valence-electron chi connectivity index (χ2n) is 7.75. The summed E-state index contributed by atoms with van der Waals surface area (Å²) in [6.07, 6.45) is 1.95. The monoisotopic (exact) mass is 364 g/mol. The minimum absolute atomic E-state index is 0.108. The molecule has 0 fully saturated rings. The summed E-state index contributed by atoms with van der Waals surface area (Å²) >= 11 is 0. The van der Waals surface area contributed by atoms with E-state index in [0.717, 1.165) is 27.8 Å². The van der Waals surface area contributed by atoms with Crippen molar-refractivity contribution < 1.29 is 9.53 Å². The molecule has 0 saturated carbocycles. The second kappa shape index (κ2) is 7.47. The Morgan fingerprint density at radius 3 is 2.48 bits per heavy atom. The Morgan fingerprint density at radius 2 is 1.85 bits per heavy atom. The lowest BCUT2D eigenvalue weighted by molar-refractivity contribution is -0.138. The number of aromatic nitrogens is 1. The predicted molar refractivity (Wildman–Crippen MR) is 110 cm³/mol. The number of nitrogens with zero attached hydrogens (tertiary/aromatic N) is 1. The maximum Gasteiger partial charge on any atom is 0.233 e. The molecule has 142 valence electrons. The van der Waals surface area contributed by atoms with E-state index in [9.17, 15) is 4.79 Å². The van der Waals surface area contributed by atoms with E-state index < -0.39 is 5.41 Å². The lowest BCUT2D eigenvalue weighted by Gasteiger charge is -2.35. The molecule has 1 aromatic heterocycles. The van der Waals surface area contributed by atoms with Gasteiger partial charge in [0.2, 0.25) is 5.91 Å². The zero-order chi connectivity index (χ0) is 19.6. The van der Waals surface area contributed by atoms with Crippen LogP contribution >= 0.6 is 0 Å². The largest absolute Gasteiger partial charge is 0.497 e. The fraction of sp³-hybridized carbons (Fsp3) is 0.348. The number of hydrogen-bond acceptors (Lipinski definition) is 2. The van der Waals surface area contributed by atoms with Crippen molar-refractivity contribution in [1.29, 1.82) is 0 Å². The van der Waals surface area contributed by atoms with Crippen molar-refractivity contribution in [3.63, 3.8) is 0 Å². The molecule has 3 aromatic rings. The molecule has 27 heavy (non-hydrogen) atoms. The number of benzene rings is 2. The van der Waals surface area contributed by atoms with Gasteiger partial charge in [0.25, 0.3) is 0 Å². The molecule has 0 unspecified atom stereocenters. The summed E-state index contributed by atoms with van der Waals surface area (Å²) in [6, 6.07) is 16.2. The van der Waals surface area contributed by atoms with E-state index in [1.165, 1.54) is 0 Å². The molecule has 3 rings (SSSR count). The first-order valence-electron chi connectivity index (χ1n) is 9.35. The molecular weight excluding hydrogens is 336 g/mol. The van der Waals surface area contributed by atoms with Gasteiger partial charge in [-0.3, -0.25) is 4.79 Å². The third-order valence-corrected chi connectivity index (χ3v) is 5.18. The molecule has 0 radical (unpaired) electrons. The number of ether oxygens (including phenoxy) is 1. The molecule has 1 amide bonds. The van der Waals surface area contributed by atoms with E-state index in [1.54, 1.807) is 7.11 Å². The minimum Gasteiger partial charge on any atom is -0.497 e. The van der Waals surface area contributed by atoms with E-state index in [1.807, 2.05) is 61.3 Å². The summed E-state index contributed by atoms with van der Waals surface area (Å²) in [5, 5.41) is 1.02. The van der Waals surface area contributed by atoms with Crippen molar-refractivity contribution in [2.75, 3.05) is 7.11 Å². The standard InChI is InChI=1S/C23H28N2O2/c1-16(2)25(15-17-9-7-6-8-10-17)22(26)23(3,4)20-14-24-21-12-11-18(27-5)13-19(20)21/h6-14,16,24H,15H2,1-5H3. The van der Waals surface area contributed by atoms with Crippen molar-refractivity contribution in [3.05, 3.63) is 65.9 Å². The topological polar surface area (TPSA) is 45.3 Å². The first-order chi connectivity index (χ1) is 12.8. The fourth-order valence-electron chi connectivity index (χ4n) is 3.49. The molecule has 4 nitrogen and oxygen atoms in total. The highest BCUT2D eigenvalue weighted by Gasteiger charge is 2.36. The normalized spacial score (nSPS) is 11.8. The predicted octanol–water partition coefficient (Wildman–Crippen LogP) is 4.89. The molecular formula is C23H28N2O2. The summed E-state index contributed by atoms with van der Waals surface area (Å²) < 4.78 is 5.38. The van der Waals surface area contributed by atoms with Crippen LogP contribution in [0.4, 0.5) is 0 Å². The third-order valence-electron chi connectivity index (χ3n) is 5.18. The molecule has 0 saturated heterocycles. The van der Waals surface area contributed by atoms with Gasteiger partial charge in [0.15, 0.2) is 0 Å². The highest BCUT2D eigenvalue weighted by Crippen LogP contribution is 2.34. The number of carbonyl (C=O) groups excluding carboxylic acids is 1. The van der Waals surface area contributed by atoms with E-state index in [-0.39, 0.29) is 11.9 Å². The van der Waals surface area contributed by atoms with Crippen LogP contribution in [0, 0.1) is 0 Å². The Morgan fingerprint density at radius 1 is 1.15 bits per heavy atom. The van der Waals surface area contributed by atoms with Gasteiger partial charge in [-0.15, -0.1) is 0 Å². The average molecular weight is 364 g/mol. The first kappa shape index (κ1) is 19.0. The summed E-state index contributed by atoms with van der Waals surface area (Å²) in [5.74, 6) is 0.904. The van der Waals surface area contributed by atoms with Gasteiger partial charge in [0, 0.05) is 29.7 Å². The zero-order valence-electron chi connectivity index (χ0n) is 16.7. The number of methoxy groups -OCH3 is 1. The smallest absolute Gasteiger partial charge is 0.233 e. The number of fused-ring (bicyclic) bond motifs is 1. The SMILES string of the molecule is COc1ccc2[nH]cc(C(C)(C)C(=O)N(Cc3ccccc3)C(C)C)c2c1. The van der Waals surface area contributed by atoms with E-state index >= 15 is 0 Å². The molecule has 0 spiro atoms. The highest BCUT2D eigenvalue weighted by molar-refractivity contribution is 5.95. The number of amides is 1. The number of hydrogen-bond donors (Lipinski definition) is 1. The van der Waals surface area contributed by atoms with Gasteiger partial charge in [-0.2, -0.15) is 0 Å². The van der Waals surface area contributed by atoms with Crippen LogP contribution in [0.1, 0.15) is 38.8 Å². The number of aromatic amines is 1. The van der Waals surface area contributed by atoms with Crippen LogP contribution in [0.2, 0.25) is 0 Å². The quantitative estimate of drug-likeness (QED) is 0.677. The Bertz CT molecular complexity index is 926. The van der Waals surface area contributed by atoms with Crippen LogP contribution in [0.25, 0.3) is 10.9 Å². The highest BCUT2D eigenvalue weighted by atomic mass is 16.5. The molecule has 0 aliphatic carbocycles. The van der Waals surface area contributed by atoms with Crippen molar-refractivity contribution >= 4 is 16.8 Å². The van der Waals surface area contributed by atoms with Crippen LogP contribution < -0.4 is 4.74 Å². The fourth-order valence-corrected chi connectivity index (χ4v) is 3.49. The van der Waals surface area contributed by atoms with Gasteiger partial charge >= 0.3 is 0 Å². The van der Waals surface area contributed by atoms with Crippen LogP contribution in [0.15, 0.2) is 54.7 Å². The first-order valence-corrected chi connectivity index (χ1v) is 9.35. The molecule has 2 aromatic carbocycles. The maximum atomic E-state index is 13.6. The number of nitrogens with one attached hydrogen (secondary N) is 1. The third kappa shape index (κ3) is 3.70. The van der Waals surface area contributed by atoms with Crippen LogP contribution in [-0.2, 0) is 16.8 Å². The van der Waals surface area contributed by atoms with Gasteiger partial charge in [-0.05, 0) is 57.0 Å². The van der Waals surface area contributed by atoms with Gasteiger partial charge in [-0.1, -0.05) is 30.3 Å². The molecule has 1 heterocycles. The molecule has 1 N–H and O–H groups in total.